The Morgan fingerprint density at radius 3 is 2.39 bits per heavy atom. The van der Waals surface area contributed by atoms with Crippen molar-refractivity contribution in [2.45, 2.75) is 20.5 Å². The Hall–Kier alpha value is -3.90. The first-order chi connectivity index (χ1) is 15.8. The molecule has 1 aliphatic rings. The molecule has 166 valence electrons. The summed E-state index contributed by atoms with van der Waals surface area (Å²) < 4.78 is 5.93. The Bertz CT molecular complexity index is 1280. The Labute approximate surface area is 196 Å². The van der Waals surface area contributed by atoms with Crippen molar-refractivity contribution in [3.05, 3.63) is 99.6 Å². The zero-order valence-electron chi connectivity index (χ0n) is 18.1. The number of nitrogens with zero attached hydrogens (tertiary/aromatic N) is 1. The van der Waals surface area contributed by atoms with E-state index in [9.17, 15) is 14.4 Å². The van der Waals surface area contributed by atoms with Gasteiger partial charge in [0.25, 0.3) is 11.8 Å². The molecule has 4 amide bonds. The van der Waals surface area contributed by atoms with Crippen molar-refractivity contribution in [1.82, 2.24) is 5.32 Å². The van der Waals surface area contributed by atoms with Crippen LogP contribution < -0.4 is 15.0 Å². The van der Waals surface area contributed by atoms with Crippen LogP contribution in [0.4, 0.5) is 10.5 Å². The van der Waals surface area contributed by atoms with Gasteiger partial charge in [0.2, 0.25) is 0 Å². The van der Waals surface area contributed by atoms with Gasteiger partial charge >= 0.3 is 6.03 Å². The average Bonchev–Trinajstić information content (AvgIpc) is 2.79. The quantitative estimate of drug-likeness (QED) is 0.419. The van der Waals surface area contributed by atoms with Crippen LogP contribution in [-0.2, 0) is 16.2 Å². The second-order valence-corrected chi connectivity index (χ2v) is 8.12. The number of imide groups is 2. The van der Waals surface area contributed by atoms with E-state index in [0.29, 0.717) is 22.0 Å². The van der Waals surface area contributed by atoms with Gasteiger partial charge in [-0.1, -0.05) is 48.0 Å². The van der Waals surface area contributed by atoms with Crippen molar-refractivity contribution < 1.29 is 19.1 Å². The number of benzene rings is 3. The van der Waals surface area contributed by atoms with E-state index in [1.165, 1.54) is 6.08 Å². The largest absolute Gasteiger partial charge is 0.488 e. The number of hydrogen-bond acceptors (Lipinski definition) is 4. The molecule has 0 atom stereocenters. The van der Waals surface area contributed by atoms with Crippen LogP contribution in [0.5, 0.6) is 5.75 Å². The molecule has 1 saturated heterocycles. The standard InChI is InChI=1S/C26H21ClN2O4/c1-16-7-12-21(13-17(16)2)29-25(31)22(24(30)28-26(29)32)14-19-5-3-4-6-23(19)33-15-18-8-10-20(27)11-9-18/h3-14H,15H2,1-2H3,(H,28,30,32)/b22-14+. The van der Waals surface area contributed by atoms with E-state index in [1.54, 1.807) is 48.5 Å². The Balaban J connectivity index is 1.64. The Kier molecular flexibility index (Phi) is 6.29. The number of aryl methyl sites for hydroxylation is 2. The fraction of sp³-hybridized carbons (Fsp3) is 0.115. The fourth-order valence-electron chi connectivity index (χ4n) is 3.39. The second kappa shape index (κ2) is 9.30. The lowest BCUT2D eigenvalue weighted by Gasteiger charge is -2.27. The molecule has 3 aromatic carbocycles. The maximum absolute atomic E-state index is 13.2. The maximum atomic E-state index is 13.2. The molecular weight excluding hydrogens is 440 g/mol. The second-order valence-electron chi connectivity index (χ2n) is 7.68. The summed E-state index contributed by atoms with van der Waals surface area (Å²) in [5.41, 5.74) is 3.65. The average molecular weight is 461 g/mol. The number of carbonyl (C=O) groups excluding carboxylic acids is 3. The molecule has 3 aromatic rings. The molecule has 1 N–H and O–H groups in total. The van der Waals surface area contributed by atoms with Gasteiger partial charge in [-0.05, 0) is 66.9 Å². The Morgan fingerprint density at radius 2 is 1.67 bits per heavy atom. The molecule has 0 spiro atoms. The van der Waals surface area contributed by atoms with Crippen molar-refractivity contribution in [1.29, 1.82) is 0 Å². The number of amides is 4. The van der Waals surface area contributed by atoms with Crippen LogP contribution in [0.25, 0.3) is 6.08 Å². The molecule has 1 heterocycles. The number of halogens is 1. The van der Waals surface area contributed by atoms with Crippen molar-refractivity contribution in [2.24, 2.45) is 0 Å². The highest BCUT2D eigenvalue weighted by molar-refractivity contribution is 6.39. The van der Waals surface area contributed by atoms with E-state index < -0.39 is 17.8 Å². The Morgan fingerprint density at radius 1 is 0.939 bits per heavy atom. The third kappa shape index (κ3) is 4.81. The zero-order valence-corrected chi connectivity index (χ0v) is 18.8. The van der Waals surface area contributed by atoms with Gasteiger partial charge in [0, 0.05) is 10.6 Å². The van der Waals surface area contributed by atoms with Gasteiger partial charge in [0.05, 0.1) is 5.69 Å². The molecule has 7 heteroatoms. The van der Waals surface area contributed by atoms with E-state index in [0.717, 1.165) is 21.6 Å². The smallest absolute Gasteiger partial charge is 0.335 e. The van der Waals surface area contributed by atoms with Crippen LogP contribution in [0.3, 0.4) is 0 Å². The summed E-state index contributed by atoms with van der Waals surface area (Å²) in [6.45, 7) is 4.11. The molecule has 6 nitrogen and oxygen atoms in total. The van der Waals surface area contributed by atoms with Gasteiger partial charge in [-0.15, -0.1) is 0 Å². The van der Waals surface area contributed by atoms with Crippen molar-refractivity contribution >= 4 is 41.2 Å². The minimum absolute atomic E-state index is 0.157. The summed E-state index contributed by atoms with van der Waals surface area (Å²) in [5, 5.41) is 2.88. The summed E-state index contributed by atoms with van der Waals surface area (Å²) in [6, 6.07) is 18.8. The van der Waals surface area contributed by atoms with Crippen LogP contribution >= 0.6 is 11.6 Å². The third-order valence-electron chi connectivity index (χ3n) is 5.38. The van der Waals surface area contributed by atoms with E-state index >= 15 is 0 Å². The van der Waals surface area contributed by atoms with Gasteiger partial charge in [-0.2, -0.15) is 0 Å². The molecule has 0 radical (unpaired) electrons. The monoisotopic (exact) mass is 460 g/mol. The first kappa shape index (κ1) is 22.3. The first-order valence-corrected chi connectivity index (χ1v) is 10.7. The topological polar surface area (TPSA) is 75.7 Å². The predicted molar refractivity (Wildman–Crippen MR) is 127 cm³/mol. The van der Waals surface area contributed by atoms with Gasteiger partial charge < -0.3 is 4.74 Å². The fourth-order valence-corrected chi connectivity index (χ4v) is 3.51. The lowest BCUT2D eigenvalue weighted by molar-refractivity contribution is -0.122. The number of carbonyl (C=O) groups is 3. The highest BCUT2D eigenvalue weighted by Gasteiger charge is 2.37. The van der Waals surface area contributed by atoms with E-state index in [-0.39, 0.29) is 12.2 Å². The molecule has 1 fully saturated rings. The molecular formula is C26H21ClN2O4. The van der Waals surface area contributed by atoms with Gasteiger partial charge in [-0.25, -0.2) is 9.69 Å². The summed E-state index contributed by atoms with van der Waals surface area (Å²) in [5.74, 6) is -0.952. The lowest BCUT2D eigenvalue weighted by atomic mass is 10.0. The molecule has 0 aromatic heterocycles. The molecule has 33 heavy (non-hydrogen) atoms. The van der Waals surface area contributed by atoms with Crippen molar-refractivity contribution in [3.63, 3.8) is 0 Å². The van der Waals surface area contributed by atoms with Crippen LogP contribution in [0, 0.1) is 13.8 Å². The van der Waals surface area contributed by atoms with Crippen molar-refractivity contribution in [2.75, 3.05) is 4.90 Å². The number of hydrogen-bond donors (Lipinski definition) is 1. The SMILES string of the molecule is Cc1ccc(N2C(=O)NC(=O)/C(=C\c3ccccc3OCc3ccc(Cl)cc3)C2=O)cc1C. The lowest BCUT2D eigenvalue weighted by Crippen LogP contribution is -2.54. The molecule has 0 bridgehead atoms. The van der Waals surface area contributed by atoms with Crippen LogP contribution in [0.2, 0.25) is 5.02 Å². The molecule has 4 rings (SSSR count). The molecule has 1 aliphatic heterocycles. The summed E-state index contributed by atoms with van der Waals surface area (Å²) in [4.78, 5) is 39.2. The van der Waals surface area contributed by atoms with Gasteiger partial charge in [0.15, 0.2) is 0 Å². The summed E-state index contributed by atoms with van der Waals surface area (Å²) >= 11 is 5.93. The number of urea groups is 1. The van der Waals surface area contributed by atoms with Crippen LogP contribution in [0.1, 0.15) is 22.3 Å². The van der Waals surface area contributed by atoms with Gasteiger partial charge in [-0.3, -0.25) is 14.9 Å². The number of nitrogens with one attached hydrogen (secondary N) is 1. The summed E-state index contributed by atoms with van der Waals surface area (Å²) in [6.07, 6.45) is 1.44. The predicted octanol–water partition coefficient (Wildman–Crippen LogP) is 5.20. The molecule has 0 unspecified atom stereocenters. The number of ether oxygens (including phenoxy) is 1. The number of barbiturate groups is 1. The normalized spacial score (nSPS) is 15.1. The minimum Gasteiger partial charge on any atom is -0.488 e. The van der Waals surface area contributed by atoms with E-state index in [2.05, 4.69) is 5.32 Å². The van der Waals surface area contributed by atoms with Crippen LogP contribution in [0.15, 0.2) is 72.3 Å². The minimum atomic E-state index is -0.780. The highest BCUT2D eigenvalue weighted by atomic mass is 35.5. The number of para-hydroxylation sites is 1. The first-order valence-electron chi connectivity index (χ1n) is 10.3. The number of anilines is 1. The van der Waals surface area contributed by atoms with Crippen molar-refractivity contribution in [3.8, 4) is 5.75 Å². The van der Waals surface area contributed by atoms with E-state index in [1.807, 2.05) is 32.0 Å². The third-order valence-corrected chi connectivity index (χ3v) is 5.63. The molecule has 0 aliphatic carbocycles. The maximum Gasteiger partial charge on any atom is 0.335 e. The molecule has 0 saturated carbocycles. The van der Waals surface area contributed by atoms with Gasteiger partial charge in [0.1, 0.15) is 17.9 Å². The highest BCUT2D eigenvalue weighted by Crippen LogP contribution is 2.27. The zero-order chi connectivity index (χ0) is 23.5. The van der Waals surface area contributed by atoms with Crippen LogP contribution in [-0.4, -0.2) is 17.8 Å². The van der Waals surface area contributed by atoms with E-state index in [4.69, 9.17) is 16.3 Å². The number of rotatable bonds is 5. The summed E-state index contributed by atoms with van der Waals surface area (Å²) in [7, 11) is 0.